The van der Waals surface area contributed by atoms with Crippen molar-refractivity contribution >= 4 is 39.1 Å². The van der Waals surface area contributed by atoms with Crippen LogP contribution in [0.2, 0.25) is 5.02 Å². The summed E-state index contributed by atoms with van der Waals surface area (Å²) in [4.78, 5) is 27.8. The van der Waals surface area contributed by atoms with Crippen molar-refractivity contribution in [3.05, 3.63) is 59.1 Å². The topological polar surface area (TPSA) is 96.0 Å². The number of methoxy groups -OCH3 is 1. The van der Waals surface area contributed by atoms with Crippen LogP contribution in [0.1, 0.15) is 33.3 Å². The van der Waals surface area contributed by atoms with Gasteiger partial charge in [0.05, 0.1) is 24.1 Å². The lowest BCUT2D eigenvalue weighted by Crippen LogP contribution is -2.54. The van der Waals surface area contributed by atoms with E-state index < -0.39 is 34.1 Å². The van der Waals surface area contributed by atoms with E-state index in [2.05, 4.69) is 5.32 Å². The highest BCUT2D eigenvalue weighted by atomic mass is 35.5. The molecule has 0 aliphatic rings. The molecule has 0 aliphatic heterocycles. The lowest BCUT2D eigenvalue weighted by molar-refractivity contribution is -0.140. The molecule has 0 spiro atoms. The number of sulfonamides is 1. The molecule has 1 atom stereocenters. The smallest absolute Gasteiger partial charge is 0.244 e. The summed E-state index contributed by atoms with van der Waals surface area (Å²) in [5, 5.41) is 3.07. The Bertz CT molecular complexity index is 1110. The lowest BCUT2D eigenvalue weighted by Gasteiger charge is -2.33. The van der Waals surface area contributed by atoms with Crippen LogP contribution in [0.15, 0.2) is 48.5 Å². The van der Waals surface area contributed by atoms with Gasteiger partial charge in [0.15, 0.2) is 0 Å². The van der Waals surface area contributed by atoms with E-state index in [0.717, 1.165) is 16.1 Å². The van der Waals surface area contributed by atoms with E-state index in [4.69, 9.17) is 16.3 Å². The van der Waals surface area contributed by atoms with Gasteiger partial charge in [0.1, 0.15) is 18.3 Å². The van der Waals surface area contributed by atoms with Crippen LogP contribution in [0, 0.1) is 0 Å². The van der Waals surface area contributed by atoms with Crippen LogP contribution in [-0.4, -0.2) is 56.6 Å². The molecule has 2 rings (SSSR count). The number of hydrogen-bond donors (Lipinski definition) is 1. The van der Waals surface area contributed by atoms with Crippen LogP contribution >= 0.6 is 11.6 Å². The SMILES string of the molecule is COc1ccc(CN(C(=O)CN(c2ccccc2Cl)S(C)(=O)=O)[C@H](C)C(=O)NC(C)(C)C)cc1. The normalized spacial score (nSPS) is 12.6. The molecule has 8 nitrogen and oxygen atoms in total. The molecule has 0 heterocycles. The maximum Gasteiger partial charge on any atom is 0.244 e. The molecule has 0 aromatic heterocycles. The molecule has 34 heavy (non-hydrogen) atoms. The number of amides is 2. The van der Waals surface area contributed by atoms with Crippen LogP contribution < -0.4 is 14.4 Å². The number of carbonyl (C=O) groups excluding carboxylic acids is 2. The van der Waals surface area contributed by atoms with E-state index in [0.29, 0.717) is 5.75 Å². The zero-order chi connectivity index (χ0) is 25.7. The number of nitrogens with zero attached hydrogens (tertiary/aromatic N) is 2. The average Bonchev–Trinajstić information content (AvgIpc) is 2.74. The molecule has 2 amide bonds. The Morgan fingerprint density at radius 1 is 1.09 bits per heavy atom. The van der Waals surface area contributed by atoms with Crippen molar-refractivity contribution in [2.24, 2.45) is 0 Å². The third-order valence-corrected chi connectivity index (χ3v) is 6.42. The summed E-state index contributed by atoms with van der Waals surface area (Å²) in [5.41, 5.74) is 0.445. The fraction of sp³-hybridized carbons (Fsp3) is 0.417. The maximum atomic E-state index is 13.5. The van der Waals surface area contributed by atoms with Gasteiger partial charge in [-0.15, -0.1) is 0 Å². The van der Waals surface area contributed by atoms with Crippen LogP contribution in [-0.2, 0) is 26.2 Å². The van der Waals surface area contributed by atoms with Crippen molar-refractivity contribution in [3.63, 3.8) is 0 Å². The Morgan fingerprint density at radius 3 is 2.18 bits per heavy atom. The number of halogens is 1. The number of para-hydroxylation sites is 1. The van der Waals surface area contributed by atoms with Gasteiger partial charge < -0.3 is 15.0 Å². The molecule has 0 radical (unpaired) electrons. The summed E-state index contributed by atoms with van der Waals surface area (Å²) >= 11 is 6.23. The van der Waals surface area contributed by atoms with E-state index in [1.165, 1.54) is 11.0 Å². The fourth-order valence-corrected chi connectivity index (χ4v) is 4.38. The van der Waals surface area contributed by atoms with E-state index in [1.807, 2.05) is 20.8 Å². The van der Waals surface area contributed by atoms with Gasteiger partial charge in [0, 0.05) is 12.1 Å². The molecule has 0 aliphatic carbocycles. The molecule has 186 valence electrons. The first-order valence-corrected chi connectivity index (χ1v) is 12.9. The first-order valence-electron chi connectivity index (χ1n) is 10.7. The molecule has 1 N–H and O–H groups in total. The summed E-state index contributed by atoms with van der Waals surface area (Å²) in [6, 6.07) is 12.6. The molecule has 0 saturated carbocycles. The number of ether oxygens (including phenoxy) is 1. The quantitative estimate of drug-likeness (QED) is 0.558. The molecule has 0 fully saturated rings. The maximum absolute atomic E-state index is 13.5. The monoisotopic (exact) mass is 509 g/mol. The highest BCUT2D eigenvalue weighted by Crippen LogP contribution is 2.27. The van der Waals surface area contributed by atoms with Gasteiger partial charge in [0.25, 0.3) is 0 Å². The minimum Gasteiger partial charge on any atom is -0.497 e. The van der Waals surface area contributed by atoms with Gasteiger partial charge in [0.2, 0.25) is 21.8 Å². The van der Waals surface area contributed by atoms with E-state index in [1.54, 1.807) is 56.5 Å². The zero-order valence-electron chi connectivity index (χ0n) is 20.3. The second-order valence-electron chi connectivity index (χ2n) is 9.01. The predicted molar refractivity (Wildman–Crippen MR) is 135 cm³/mol. The van der Waals surface area contributed by atoms with Gasteiger partial charge in [-0.1, -0.05) is 35.9 Å². The minimum atomic E-state index is -3.84. The molecular weight excluding hydrogens is 478 g/mol. The van der Waals surface area contributed by atoms with Crippen molar-refractivity contribution in [1.82, 2.24) is 10.2 Å². The Kier molecular flexibility index (Phi) is 8.96. The summed E-state index contributed by atoms with van der Waals surface area (Å²) < 4.78 is 31.3. The highest BCUT2D eigenvalue weighted by Gasteiger charge is 2.31. The van der Waals surface area contributed by atoms with Gasteiger partial charge in [-0.25, -0.2) is 8.42 Å². The van der Waals surface area contributed by atoms with Crippen LogP contribution in [0.4, 0.5) is 5.69 Å². The lowest BCUT2D eigenvalue weighted by atomic mass is 10.1. The molecule has 0 bridgehead atoms. The Morgan fingerprint density at radius 2 is 1.68 bits per heavy atom. The Hall–Kier alpha value is -2.78. The van der Waals surface area contributed by atoms with Crippen LogP contribution in [0.3, 0.4) is 0 Å². The number of nitrogens with one attached hydrogen (secondary N) is 1. The van der Waals surface area contributed by atoms with Gasteiger partial charge in [-0.2, -0.15) is 0 Å². The first kappa shape index (κ1) is 27.5. The summed E-state index contributed by atoms with van der Waals surface area (Å²) in [7, 11) is -2.29. The van der Waals surface area contributed by atoms with Crippen molar-refractivity contribution in [2.75, 3.05) is 24.2 Å². The third kappa shape index (κ3) is 7.63. The molecular formula is C24H32ClN3O5S. The molecule has 0 saturated heterocycles. The second kappa shape index (κ2) is 11.1. The predicted octanol–water partition coefficient (Wildman–Crippen LogP) is 3.45. The van der Waals surface area contributed by atoms with E-state index in [9.17, 15) is 18.0 Å². The van der Waals surface area contributed by atoms with Gasteiger partial charge >= 0.3 is 0 Å². The largest absolute Gasteiger partial charge is 0.497 e. The van der Waals surface area contributed by atoms with Crippen molar-refractivity contribution in [2.45, 2.75) is 45.8 Å². The van der Waals surface area contributed by atoms with E-state index in [-0.39, 0.29) is 23.2 Å². The molecule has 2 aromatic carbocycles. The molecule has 2 aromatic rings. The van der Waals surface area contributed by atoms with Crippen LogP contribution in [0.5, 0.6) is 5.75 Å². The fourth-order valence-electron chi connectivity index (χ4n) is 3.23. The average molecular weight is 510 g/mol. The number of anilines is 1. The van der Waals surface area contributed by atoms with Crippen molar-refractivity contribution in [3.8, 4) is 5.75 Å². The third-order valence-electron chi connectivity index (χ3n) is 4.98. The summed E-state index contributed by atoms with van der Waals surface area (Å²) in [6.45, 7) is 6.73. The zero-order valence-corrected chi connectivity index (χ0v) is 21.9. The molecule has 10 heteroatoms. The minimum absolute atomic E-state index is 0.0989. The summed E-state index contributed by atoms with van der Waals surface area (Å²) in [6.07, 6.45) is 1.01. The highest BCUT2D eigenvalue weighted by molar-refractivity contribution is 7.92. The van der Waals surface area contributed by atoms with Crippen LogP contribution in [0.25, 0.3) is 0 Å². The number of rotatable bonds is 9. The van der Waals surface area contributed by atoms with Gasteiger partial charge in [-0.05, 0) is 57.5 Å². The van der Waals surface area contributed by atoms with Gasteiger partial charge in [-0.3, -0.25) is 13.9 Å². The number of benzene rings is 2. The summed E-state index contributed by atoms with van der Waals surface area (Å²) in [5.74, 6) is -0.238. The van der Waals surface area contributed by atoms with Crippen molar-refractivity contribution < 1.29 is 22.7 Å². The first-order chi connectivity index (χ1) is 15.7. The Labute approximate surface area is 206 Å². The number of carbonyl (C=O) groups is 2. The second-order valence-corrected chi connectivity index (χ2v) is 11.3. The standard InChI is InChI=1S/C24H32ClN3O5S/c1-17(23(30)26-24(2,3)4)27(15-18-11-13-19(33-5)14-12-18)22(29)16-28(34(6,31)32)21-10-8-7-9-20(21)25/h7-14,17H,15-16H2,1-6H3,(H,26,30)/t17-/m1/s1. The molecule has 0 unspecified atom stereocenters. The van der Waals surface area contributed by atoms with E-state index >= 15 is 0 Å². The van der Waals surface area contributed by atoms with Crippen molar-refractivity contribution in [1.29, 1.82) is 0 Å². The Balaban J connectivity index is 2.41. The number of hydrogen-bond acceptors (Lipinski definition) is 5.